The maximum absolute atomic E-state index is 12.4. The van der Waals surface area contributed by atoms with Gasteiger partial charge in [-0.25, -0.2) is 9.97 Å². The second-order valence-electron chi connectivity index (χ2n) is 6.47. The number of anilines is 1. The number of ether oxygens (including phenoxy) is 1. The number of nitrogens with one attached hydrogen (secondary N) is 2. The van der Waals surface area contributed by atoms with Crippen LogP contribution in [0.5, 0.6) is 0 Å². The highest BCUT2D eigenvalue weighted by Crippen LogP contribution is 2.18. The normalized spacial score (nSPS) is 14.2. The molecular formula is C19H25N5O3. The Hall–Kier alpha value is -2.74. The minimum absolute atomic E-state index is 0.00527. The summed E-state index contributed by atoms with van der Waals surface area (Å²) in [6, 6.07) is 3.81. The average Bonchev–Trinajstić information content (AvgIpc) is 2.70. The molecule has 27 heavy (non-hydrogen) atoms. The number of nitrogens with zero attached hydrogens (tertiary/aromatic N) is 3. The lowest BCUT2D eigenvalue weighted by molar-refractivity contribution is -0.120. The van der Waals surface area contributed by atoms with Gasteiger partial charge in [0.1, 0.15) is 11.6 Å². The molecule has 0 saturated carbocycles. The molecule has 0 aliphatic carbocycles. The molecular weight excluding hydrogens is 346 g/mol. The van der Waals surface area contributed by atoms with Crippen molar-refractivity contribution in [1.82, 2.24) is 20.3 Å². The molecule has 1 aliphatic rings. The van der Waals surface area contributed by atoms with E-state index in [2.05, 4.69) is 25.2 Å². The first kappa shape index (κ1) is 19.0. The van der Waals surface area contributed by atoms with Gasteiger partial charge in [0.25, 0.3) is 5.56 Å². The molecule has 0 bridgehead atoms. The molecule has 1 aliphatic heterocycles. The number of aromatic nitrogens is 3. The monoisotopic (exact) mass is 371 g/mol. The standard InChI is InChI=1S/C19H25N5O3/c1-3-16-22-13(2)15(19(26)23-16)11-17(25)21-12-14-5-4-6-20-18(14)24-7-9-27-10-8-24/h4-6H,3,7-12H2,1-2H3,(H,21,25)(H,22,23,26). The van der Waals surface area contributed by atoms with Crippen LogP contribution >= 0.6 is 0 Å². The molecule has 0 spiro atoms. The molecule has 0 unspecified atom stereocenters. The summed E-state index contributed by atoms with van der Waals surface area (Å²) in [4.78, 5) is 38.3. The lowest BCUT2D eigenvalue weighted by Crippen LogP contribution is -2.38. The van der Waals surface area contributed by atoms with E-state index in [1.165, 1.54) is 0 Å². The van der Waals surface area contributed by atoms with Crippen molar-refractivity contribution >= 4 is 11.7 Å². The van der Waals surface area contributed by atoms with E-state index in [0.29, 0.717) is 43.3 Å². The van der Waals surface area contributed by atoms with Crippen LogP contribution in [0.4, 0.5) is 5.82 Å². The number of hydrogen-bond acceptors (Lipinski definition) is 6. The van der Waals surface area contributed by atoms with Gasteiger partial charge in [-0.05, 0) is 13.0 Å². The molecule has 1 fully saturated rings. The number of carbonyl (C=O) groups is 1. The van der Waals surface area contributed by atoms with Gasteiger partial charge < -0.3 is 19.9 Å². The number of carbonyl (C=O) groups excluding carboxylic acids is 1. The van der Waals surface area contributed by atoms with E-state index < -0.39 is 0 Å². The first-order valence-electron chi connectivity index (χ1n) is 9.20. The fourth-order valence-corrected chi connectivity index (χ4v) is 3.09. The van der Waals surface area contributed by atoms with E-state index in [-0.39, 0.29) is 17.9 Å². The van der Waals surface area contributed by atoms with Gasteiger partial charge in [0.05, 0.1) is 19.6 Å². The lowest BCUT2D eigenvalue weighted by Gasteiger charge is -2.29. The SMILES string of the molecule is CCc1nc(C)c(CC(=O)NCc2cccnc2N2CCOCC2)c(=O)[nH]1. The minimum Gasteiger partial charge on any atom is -0.378 e. The molecule has 0 radical (unpaired) electrons. The van der Waals surface area contributed by atoms with E-state index in [9.17, 15) is 9.59 Å². The van der Waals surface area contributed by atoms with E-state index in [4.69, 9.17) is 4.74 Å². The molecule has 2 aromatic heterocycles. The van der Waals surface area contributed by atoms with Crippen molar-refractivity contribution in [2.24, 2.45) is 0 Å². The van der Waals surface area contributed by atoms with Gasteiger partial charge in [-0.1, -0.05) is 13.0 Å². The van der Waals surface area contributed by atoms with Crippen molar-refractivity contribution in [1.29, 1.82) is 0 Å². The molecule has 1 saturated heterocycles. The molecule has 8 heteroatoms. The van der Waals surface area contributed by atoms with Gasteiger partial charge in [-0.3, -0.25) is 9.59 Å². The average molecular weight is 371 g/mol. The van der Waals surface area contributed by atoms with Crippen molar-refractivity contribution in [3.05, 3.63) is 51.3 Å². The van der Waals surface area contributed by atoms with E-state index in [1.807, 2.05) is 19.1 Å². The Balaban J connectivity index is 1.66. The van der Waals surface area contributed by atoms with Crippen molar-refractivity contribution in [2.45, 2.75) is 33.2 Å². The van der Waals surface area contributed by atoms with E-state index >= 15 is 0 Å². The van der Waals surface area contributed by atoms with Crippen LogP contribution in [0.15, 0.2) is 23.1 Å². The van der Waals surface area contributed by atoms with E-state index in [0.717, 1.165) is 24.5 Å². The van der Waals surface area contributed by atoms with Crippen LogP contribution in [0, 0.1) is 6.92 Å². The highest BCUT2D eigenvalue weighted by molar-refractivity contribution is 5.78. The summed E-state index contributed by atoms with van der Waals surface area (Å²) >= 11 is 0. The number of aromatic amines is 1. The van der Waals surface area contributed by atoms with Crippen LogP contribution in [0.25, 0.3) is 0 Å². The summed E-state index contributed by atoms with van der Waals surface area (Å²) in [5.41, 5.74) is 1.70. The maximum Gasteiger partial charge on any atom is 0.254 e. The summed E-state index contributed by atoms with van der Waals surface area (Å²) in [5, 5.41) is 2.89. The lowest BCUT2D eigenvalue weighted by atomic mass is 10.1. The highest BCUT2D eigenvalue weighted by atomic mass is 16.5. The third-order valence-corrected chi connectivity index (χ3v) is 4.60. The second-order valence-corrected chi connectivity index (χ2v) is 6.47. The number of amides is 1. The third kappa shape index (κ3) is 4.71. The predicted molar refractivity (Wildman–Crippen MR) is 102 cm³/mol. The Morgan fingerprint density at radius 3 is 2.85 bits per heavy atom. The highest BCUT2D eigenvalue weighted by Gasteiger charge is 2.17. The number of H-pyrrole nitrogens is 1. The summed E-state index contributed by atoms with van der Waals surface area (Å²) in [6.07, 6.45) is 2.40. The number of morpholine rings is 1. The zero-order valence-corrected chi connectivity index (χ0v) is 15.7. The molecule has 8 nitrogen and oxygen atoms in total. The van der Waals surface area contributed by atoms with Crippen molar-refractivity contribution < 1.29 is 9.53 Å². The third-order valence-electron chi connectivity index (χ3n) is 4.60. The van der Waals surface area contributed by atoms with Crippen molar-refractivity contribution in [3.63, 3.8) is 0 Å². The van der Waals surface area contributed by atoms with Gasteiger partial charge in [-0.2, -0.15) is 0 Å². The van der Waals surface area contributed by atoms with Crippen LogP contribution in [0.2, 0.25) is 0 Å². The van der Waals surface area contributed by atoms with Crippen molar-refractivity contribution in [3.8, 4) is 0 Å². The molecule has 144 valence electrons. The van der Waals surface area contributed by atoms with Crippen LogP contribution in [0.1, 0.15) is 29.6 Å². The molecule has 3 heterocycles. The van der Waals surface area contributed by atoms with Gasteiger partial charge in [-0.15, -0.1) is 0 Å². The van der Waals surface area contributed by atoms with Gasteiger partial charge in [0, 0.05) is 49.1 Å². The largest absolute Gasteiger partial charge is 0.378 e. The Labute approximate surface area is 158 Å². The molecule has 2 aromatic rings. The first-order chi connectivity index (χ1) is 13.1. The predicted octanol–water partition coefficient (Wildman–Crippen LogP) is 0.731. The molecule has 0 atom stereocenters. The van der Waals surface area contributed by atoms with Crippen LogP contribution in [0.3, 0.4) is 0 Å². The minimum atomic E-state index is -0.245. The number of hydrogen-bond donors (Lipinski definition) is 2. The van der Waals surface area contributed by atoms with Crippen LogP contribution < -0.4 is 15.8 Å². The fourth-order valence-electron chi connectivity index (χ4n) is 3.09. The fraction of sp³-hybridized carbons (Fsp3) is 0.474. The van der Waals surface area contributed by atoms with Crippen molar-refractivity contribution in [2.75, 3.05) is 31.2 Å². The quantitative estimate of drug-likeness (QED) is 0.777. The Morgan fingerprint density at radius 2 is 2.15 bits per heavy atom. The summed E-state index contributed by atoms with van der Waals surface area (Å²) in [7, 11) is 0. The van der Waals surface area contributed by atoms with Gasteiger partial charge in [0.2, 0.25) is 5.91 Å². The van der Waals surface area contributed by atoms with E-state index in [1.54, 1.807) is 13.1 Å². The van der Waals surface area contributed by atoms with Crippen LogP contribution in [-0.4, -0.2) is 47.2 Å². The summed E-state index contributed by atoms with van der Waals surface area (Å²) in [6.45, 7) is 6.94. The maximum atomic E-state index is 12.4. The van der Waals surface area contributed by atoms with Gasteiger partial charge in [0.15, 0.2) is 0 Å². The topological polar surface area (TPSA) is 100 Å². The Morgan fingerprint density at radius 1 is 1.37 bits per heavy atom. The zero-order chi connectivity index (χ0) is 19.2. The summed E-state index contributed by atoms with van der Waals surface area (Å²) < 4.78 is 5.39. The van der Waals surface area contributed by atoms with Crippen LogP contribution in [-0.2, 0) is 28.9 Å². The molecule has 2 N–H and O–H groups in total. The summed E-state index contributed by atoms with van der Waals surface area (Å²) in [5.74, 6) is 1.28. The second kappa shape index (κ2) is 8.77. The molecule has 1 amide bonds. The number of aryl methyl sites for hydroxylation is 2. The Kier molecular flexibility index (Phi) is 6.18. The first-order valence-corrected chi connectivity index (χ1v) is 9.20. The van der Waals surface area contributed by atoms with Gasteiger partial charge >= 0.3 is 0 Å². The zero-order valence-electron chi connectivity index (χ0n) is 15.7. The smallest absolute Gasteiger partial charge is 0.254 e. The number of rotatable bonds is 6. The molecule has 0 aromatic carbocycles. The Bertz CT molecular complexity index is 859. The number of pyridine rings is 1. The molecule has 3 rings (SSSR count).